The van der Waals surface area contributed by atoms with Gasteiger partial charge in [0.15, 0.2) is 6.61 Å². The van der Waals surface area contributed by atoms with Crippen molar-refractivity contribution < 1.29 is 19.1 Å². The van der Waals surface area contributed by atoms with Gasteiger partial charge in [-0.2, -0.15) is 0 Å². The molecule has 0 saturated heterocycles. The first-order chi connectivity index (χ1) is 12.4. The van der Waals surface area contributed by atoms with Crippen molar-refractivity contribution in [2.24, 2.45) is 0 Å². The van der Waals surface area contributed by atoms with E-state index in [1.54, 1.807) is 13.8 Å². The maximum atomic E-state index is 11.8. The predicted octanol–water partition coefficient (Wildman–Crippen LogP) is 2.67. The van der Waals surface area contributed by atoms with Gasteiger partial charge in [-0.3, -0.25) is 14.9 Å². The predicted molar refractivity (Wildman–Crippen MR) is 98.4 cm³/mol. The fourth-order valence-corrected chi connectivity index (χ4v) is 2.27. The van der Waals surface area contributed by atoms with Gasteiger partial charge in [0, 0.05) is 6.04 Å². The number of carbonyl (C=O) groups is 3. The van der Waals surface area contributed by atoms with Crippen LogP contribution in [0.3, 0.4) is 0 Å². The van der Waals surface area contributed by atoms with Gasteiger partial charge in [0.05, 0.1) is 6.42 Å². The van der Waals surface area contributed by atoms with Crippen molar-refractivity contribution in [3.8, 4) is 11.1 Å². The van der Waals surface area contributed by atoms with Crippen LogP contribution in [0.5, 0.6) is 0 Å². The maximum Gasteiger partial charge on any atom is 0.321 e. The summed E-state index contributed by atoms with van der Waals surface area (Å²) in [5, 5.41) is 4.60. The Labute approximate surface area is 152 Å². The van der Waals surface area contributed by atoms with E-state index < -0.39 is 24.5 Å². The quantitative estimate of drug-likeness (QED) is 0.781. The minimum absolute atomic E-state index is 0.0561. The van der Waals surface area contributed by atoms with Gasteiger partial charge in [-0.15, -0.1) is 0 Å². The lowest BCUT2D eigenvalue weighted by Crippen LogP contribution is -2.44. The van der Waals surface area contributed by atoms with Gasteiger partial charge in [0.1, 0.15) is 0 Å². The van der Waals surface area contributed by atoms with Crippen LogP contribution < -0.4 is 10.6 Å². The van der Waals surface area contributed by atoms with Crippen molar-refractivity contribution in [3.05, 3.63) is 60.2 Å². The van der Waals surface area contributed by atoms with Gasteiger partial charge < -0.3 is 10.1 Å². The molecule has 0 aromatic heterocycles. The van der Waals surface area contributed by atoms with E-state index in [0.29, 0.717) is 0 Å². The summed E-state index contributed by atoms with van der Waals surface area (Å²) in [6.07, 6.45) is 0.0561. The van der Waals surface area contributed by atoms with Crippen LogP contribution in [0.25, 0.3) is 11.1 Å². The standard InChI is InChI=1S/C20H22N2O4/c1-14(2)21-20(25)22-18(23)13-26-19(24)12-15-8-10-17(11-9-15)16-6-4-3-5-7-16/h3-11,14H,12-13H2,1-2H3,(H2,21,22,23,25). The van der Waals surface area contributed by atoms with E-state index in [1.165, 1.54) is 0 Å². The number of hydrogen-bond donors (Lipinski definition) is 2. The van der Waals surface area contributed by atoms with Crippen molar-refractivity contribution in [2.45, 2.75) is 26.3 Å². The third-order valence-electron chi connectivity index (χ3n) is 3.45. The molecule has 6 heteroatoms. The molecule has 0 atom stereocenters. The summed E-state index contributed by atoms with van der Waals surface area (Å²) in [6.45, 7) is 3.05. The monoisotopic (exact) mass is 354 g/mol. The van der Waals surface area contributed by atoms with Gasteiger partial charge >= 0.3 is 12.0 Å². The molecule has 6 nitrogen and oxygen atoms in total. The summed E-state index contributed by atoms with van der Waals surface area (Å²) < 4.78 is 4.90. The van der Waals surface area contributed by atoms with Crippen molar-refractivity contribution in [2.75, 3.05) is 6.61 Å². The highest BCUT2D eigenvalue weighted by atomic mass is 16.5. The Balaban J connectivity index is 1.79. The first kappa shape index (κ1) is 19.2. The van der Waals surface area contributed by atoms with Gasteiger partial charge in [-0.1, -0.05) is 54.6 Å². The smallest absolute Gasteiger partial charge is 0.321 e. The lowest BCUT2D eigenvalue weighted by molar-refractivity contribution is -0.147. The molecule has 2 aromatic carbocycles. The van der Waals surface area contributed by atoms with E-state index in [9.17, 15) is 14.4 Å². The number of ether oxygens (including phenoxy) is 1. The molecule has 0 spiro atoms. The molecule has 2 N–H and O–H groups in total. The number of hydrogen-bond acceptors (Lipinski definition) is 4. The topological polar surface area (TPSA) is 84.5 Å². The number of carbonyl (C=O) groups excluding carboxylic acids is 3. The van der Waals surface area contributed by atoms with Gasteiger partial charge in [0.25, 0.3) is 5.91 Å². The molecule has 0 heterocycles. The highest BCUT2D eigenvalue weighted by molar-refractivity contribution is 5.95. The number of imide groups is 1. The average Bonchev–Trinajstić information content (AvgIpc) is 2.60. The number of amides is 3. The van der Waals surface area contributed by atoms with Gasteiger partial charge in [-0.25, -0.2) is 4.79 Å². The summed E-state index contributed by atoms with van der Waals surface area (Å²) in [6, 6.07) is 16.8. The average molecular weight is 354 g/mol. The Bertz CT molecular complexity index is 755. The van der Waals surface area contributed by atoms with Crippen LogP contribution in [0.1, 0.15) is 19.4 Å². The van der Waals surface area contributed by atoms with Crippen LogP contribution >= 0.6 is 0 Å². The Kier molecular flexibility index (Phi) is 6.91. The Morgan fingerprint density at radius 3 is 2.15 bits per heavy atom. The van der Waals surface area contributed by atoms with Crippen molar-refractivity contribution in [3.63, 3.8) is 0 Å². The zero-order valence-corrected chi connectivity index (χ0v) is 14.8. The van der Waals surface area contributed by atoms with Gasteiger partial charge in [0.2, 0.25) is 0 Å². The fraction of sp³-hybridized carbons (Fsp3) is 0.250. The van der Waals surface area contributed by atoms with Crippen LogP contribution in [0.4, 0.5) is 4.79 Å². The molecule has 0 aliphatic carbocycles. The second-order valence-electron chi connectivity index (χ2n) is 6.08. The molecule has 0 bridgehead atoms. The fourth-order valence-electron chi connectivity index (χ4n) is 2.27. The van der Waals surface area contributed by atoms with Crippen molar-refractivity contribution in [1.29, 1.82) is 0 Å². The summed E-state index contributed by atoms with van der Waals surface area (Å²) in [5.41, 5.74) is 2.93. The number of nitrogens with one attached hydrogen (secondary N) is 2. The number of rotatable bonds is 6. The number of benzene rings is 2. The highest BCUT2D eigenvalue weighted by Gasteiger charge is 2.12. The molecule has 0 radical (unpaired) electrons. The zero-order chi connectivity index (χ0) is 18.9. The second-order valence-corrected chi connectivity index (χ2v) is 6.08. The maximum absolute atomic E-state index is 11.8. The molecule has 26 heavy (non-hydrogen) atoms. The number of urea groups is 1. The lowest BCUT2D eigenvalue weighted by atomic mass is 10.0. The van der Waals surface area contributed by atoms with Crippen LogP contribution in [-0.4, -0.2) is 30.6 Å². The van der Waals surface area contributed by atoms with Crippen LogP contribution in [0.15, 0.2) is 54.6 Å². The molecule has 2 rings (SSSR count). The first-order valence-electron chi connectivity index (χ1n) is 8.34. The van der Waals surface area contributed by atoms with E-state index >= 15 is 0 Å². The second kappa shape index (κ2) is 9.36. The van der Waals surface area contributed by atoms with E-state index in [0.717, 1.165) is 16.7 Å². The van der Waals surface area contributed by atoms with Crippen molar-refractivity contribution >= 4 is 17.9 Å². The molecular formula is C20H22N2O4. The zero-order valence-electron chi connectivity index (χ0n) is 14.8. The molecule has 0 aliphatic heterocycles. The van der Waals surface area contributed by atoms with E-state index in [2.05, 4.69) is 10.6 Å². The summed E-state index contributed by atoms with van der Waals surface area (Å²) in [7, 11) is 0. The minimum Gasteiger partial charge on any atom is -0.455 e. The molecule has 2 aromatic rings. The molecule has 3 amide bonds. The summed E-state index contributed by atoms with van der Waals surface area (Å²) in [5.74, 6) is -1.20. The molecule has 136 valence electrons. The van der Waals surface area contributed by atoms with E-state index in [1.807, 2.05) is 54.6 Å². The third kappa shape index (κ3) is 6.39. The Morgan fingerprint density at radius 1 is 0.923 bits per heavy atom. The van der Waals surface area contributed by atoms with E-state index in [-0.39, 0.29) is 12.5 Å². The largest absolute Gasteiger partial charge is 0.455 e. The molecular weight excluding hydrogens is 332 g/mol. The summed E-state index contributed by atoms with van der Waals surface area (Å²) >= 11 is 0. The Morgan fingerprint density at radius 2 is 1.54 bits per heavy atom. The van der Waals surface area contributed by atoms with Crippen molar-refractivity contribution in [1.82, 2.24) is 10.6 Å². The van der Waals surface area contributed by atoms with Gasteiger partial charge in [-0.05, 0) is 30.5 Å². The van der Waals surface area contributed by atoms with Crippen LogP contribution in [-0.2, 0) is 20.7 Å². The highest BCUT2D eigenvalue weighted by Crippen LogP contribution is 2.19. The third-order valence-corrected chi connectivity index (χ3v) is 3.45. The SMILES string of the molecule is CC(C)NC(=O)NC(=O)COC(=O)Cc1ccc(-c2ccccc2)cc1. The van der Waals surface area contributed by atoms with Crippen LogP contribution in [0.2, 0.25) is 0 Å². The summed E-state index contributed by atoms with van der Waals surface area (Å²) in [4.78, 5) is 34.7. The van der Waals surface area contributed by atoms with E-state index in [4.69, 9.17) is 4.74 Å². The molecule has 0 fully saturated rings. The van der Waals surface area contributed by atoms with Crippen LogP contribution in [0, 0.1) is 0 Å². The minimum atomic E-state index is -0.670. The molecule has 0 unspecified atom stereocenters. The first-order valence-corrected chi connectivity index (χ1v) is 8.34. The normalized spacial score (nSPS) is 10.3. The lowest BCUT2D eigenvalue weighted by Gasteiger charge is -2.09. The molecule has 0 saturated carbocycles. The number of esters is 1. The Hall–Kier alpha value is -3.15. The molecule has 0 aliphatic rings.